The third-order valence-electron chi connectivity index (χ3n) is 3.96. The minimum atomic E-state index is 0.273. The highest BCUT2D eigenvalue weighted by Gasteiger charge is 2.31. The zero-order chi connectivity index (χ0) is 13.4. The standard InChI is InChI=1S/C13H21ClN4/c1-7-5-8(2)10(4)18(6-7)12-11(15)9(3)16-13(14)17-12/h7-8,10H,5-6,15H2,1-4H3. The SMILES string of the molecule is Cc1nc(Cl)nc(N2CC(C)CC(C)C2C)c1N. The van der Waals surface area contributed by atoms with E-state index in [1.807, 2.05) is 6.92 Å². The van der Waals surface area contributed by atoms with Gasteiger partial charge in [0.15, 0.2) is 5.82 Å². The van der Waals surface area contributed by atoms with Crippen molar-refractivity contribution in [2.75, 3.05) is 17.2 Å². The van der Waals surface area contributed by atoms with Gasteiger partial charge < -0.3 is 10.6 Å². The van der Waals surface area contributed by atoms with Gasteiger partial charge in [-0.05, 0) is 43.7 Å². The van der Waals surface area contributed by atoms with E-state index in [4.69, 9.17) is 17.3 Å². The van der Waals surface area contributed by atoms with Crippen LogP contribution in [-0.4, -0.2) is 22.6 Å². The van der Waals surface area contributed by atoms with Gasteiger partial charge in [-0.3, -0.25) is 0 Å². The third kappa shape index (κ3) is 2.39. The van der Waals surface area contributed by atoms with Crippen LogP contribution >= 0.6 is 11.6 Å². The first-order chi connectivity index (χ1) is 8.40. The molecule has 100 valence electrons. The Morgan fingerprint density at radius 2 is 1.94 bits per heavy atom. The van der Waals surface area contributed by atoms with Crippen LogP contribution in [0.5, 0.6) is 0 Å². The third-order valence-corrected chi connectivity index (χ3v) is 4.13. The number of nitrogen functional groups attached to an aromatic ring is 1. The molecule has 0 amide bonds. The van der Waals surface area contributed by atoms with Crippen molar-refractivity contribution in [3.8, 4) is 0 Å². The molecule has 1 fully saturated rings. The molecule has 5 heteroatoms. The molecule has 2 rings (SSSR count). The largest absolute Gasteiger partial charge is 0.394 e. The van der Waals surface area contributed by atoms with Crippen LogP contribution < -0.4 is 10.6 Å². The molecular formula is C13H21ClN4. The summed E-state index contributed by atoms with van der Waals surface area (Å²) >= 11 is 5.96. The Balaban J connectivity index is 2.41. The Labute approximate surface area is 114 Å². The minimum absolute atomic E-state index is 0.273. The number of nitrogens with zero attached hydrogens (tertiary/aromatic N) is 3. The lowest BCUT2D eigenvalue weighted by Gasteiger charge is -2.42. The minimum Gasteiger partial charge on any atom is -0.394 e. The van der Waals surface area contributed by atoms with Gasteiger partial charge in [0, 0.05) is 12.6 Å². The molecule has 3 unspecified atom stereocenters. The summed E-state index contributed by atoms with van der Waals surface area (Å²) in [6.45, 7) is 9.61. The quantitative estimate of drug-likeness (QED) is 0.796. The van der Waals surface area contributed by atoms with Crippen LogP contribution in [0.15, 0.2) is 0 Å². The fourth-order valence-corrected chi connectivity index (χ4v) is 2.95. The molecule has 4 nitrogen and oxygen atoms in total. The maximum Gasteiger partial charge on any atom is 0.224 e. The van der Waals surface area contributed by atoms with Gasteiger partial charge in [0.2, 0.25) is 5.28 Å². The molecular weight excluding hydrogens is 248 g/mol. The molecule has 1 aliphatic rings. The second kappa shape index (κ2) is 4.92. The van der Waals surface area contributed by atoms with E-state index in [2.05, 4.69) is 35.6 Å². The van der Waals surface area contributed by atoms with E-state index in [0.29, 0.717) is 23.6 Å². The van der Waals surface area contributed by atoms with Crippen molar-refractivity contribution in [2.24, 2.45) is 11.8 Å². The van der Waals surface area contributed by atoms with Crippen LogP contribution in [0.2, 0.25) is 5.28 Å². The van der Waals surface area contributed by atoms with Gasteiger partial charge in [-0.1, -0.05) is 13.8 Å². The summed E-state index contributed by atoms with van der Waals surface area (Å²) < 4.78 is 0. The second-order valence-electron chi connectivity index (χ2n) is 5.53. The van der Waals surface area contributed by atoms with E-state index in [1.165, 1.54) is 6.42 Å². The number of anilines is 2. The van der Waals surface area contributed by atoms with Crippen LogP contribution in [-0.2, 0) is 0 Å². The summed E-state index contributed by atoms with van der Waals surface area (Å²) in [6, 6.07) is 0.425. The van der Waals surface area contributed by atoms with Crippen molar-refractivity contribution < 1.29 is 0 Å². The number of aryl methyl sites for hydroxylation is 1. The van der Waals surface area contributed by atoms with Crippen molar-refractivity contribution in [1.82, 2.24) is 9.97 Å². The van der Waals surface area contributed by atoms with E-state index >= 15 is 0 Å². The van der Waals surface area contributed by atoms with Crippen LogP contribution in [0, 0.1) is 18.8 Å². The van der Waals surface area contributed by atoms with Gasteiger partial charge in [-0.25, -0.2) is 4.98 Å². The van der Waals surface area contributed by atoms with Crippen LogP contribution in [0.3, 0.4) is 0 Å². The van der Waals surface area contributed by atoms with Crippen molar-refractivity contribution >= 4 is 23.1 Å². The van der Waals surface area contributed by atoms with Crippen molar-refractivity contribution in [3.63, 3.8) is 0 Å². The van der Waals surface area contributed by atoms with Crippen LogP contribution in [0.25, 0.3) is 0 Å². The van der Waals surface area contributed by atoms with Crippen molar-refractivity contribution in [1.29, 1.82) is 0 Å². The van der Waals surface area contributed by atoms with Crippen LogP contribution in [0.4, 0.5) is 11.5 Å². The average Bonchev–Trinajstić information content (AvgIpc) is 2.28. The van der Waals surface area contributed by atoms with Gasteiger partial charge in [0.1, 0.15) is 0 Å². The zero-order valence-corrected chi connectivity index (χ0v) is 12.2. The van der Waals surface area contributed by atoms with E-state index in [-0.39, 0.29) is 5.28 Å². The van der Waals surface area contributed by atoms with Gasteiger partial charge >= 0.3 is 0 Å². The first-order valence-electron chi connectivity index (χ1n) is 6.46. The number of halogens is 1. The Kier molecular flexibility index (Phi) is 3.66. The predicted octanol–water partition coefficient (Wildman–Crippen LogP) is 2.89. The van der Waals surface area contributed by atoms with E-state index < -0.39 is 0 Å². The topological polar surface area (TPSA) is 55.0 Å². The van der Waals surface area contributed by atoms with Gasteiger partial charge in [0.05, 0.1) is 11.4 Å². The number of nitrogens with two attached hydrogens (primary N) is 1. The summed E-state index contributed by atoms with van der Waals surface area (Å²) in [4.78, 5) is 10.7. The van der Waals surface area contributed by atoms with Crippen LogP contribution in [0.1, 0.15) is 32.9 Å². The maximum absolute atomic E-state index is 6.11. The lowest BCUT2D eigenvalue weighted by atomic mass is 9.86. The summed E-state index contributed by atoms with van der Waals surface area (Å²) in [7, 11) is 0. The van der Waals surface area contributed by atoms with E-state index in [0.717, 1.165) is 18.1 Å². The smallest absolute Gasteiger partial charge is 0.224 e. The molecule has 0 bridgehead atoms. The number of hydrogen-bond donors (Lipinski definition) is 1. The molecule has 2 N–H and O–H groups in total. The molecule has 0 aliphatic carbocycles. The molecule has 0 radical (unpaired) electrons. The van der Waals surface area contributed by atoms with Gasteiger partial charge in [-0.2, -0.15) is 4.98 Å². The lowest BCUT2D eigenvalue weighted by Crippen LogP contribution is -2.46. The molecule has 0 spiro atoms. The maximum atomic E-state index is 6.11. The Bertz CT molecular complexity index is 449. The van der Waals surface area contributed by atoms with Crippen molar-refractivity contribution in [2.45, 2.75) is 40.2 Å². The van der Waals surface area contributed by atoms with Crippen molar-refractivity contribution in [3.05, 3.63) is 11.0 Å². The molecule has 0 saturated carbocycles. The molecule has 1 aliphatic heterocycles. The molecule has 1 aromatic heterocycles. The monoisotopic (exact) mass is 268 g/mol. The Morgan fingerprint density at radius 1 is 1.28 bits per heavy atom. The van der Waals surface area contributed by atoms with Gasteiger partial charge in [-0.15, -0.1) is 0 Å². The number of aromatic nitrogens is 2. The summed E-state index contributed by atoms with van der Waals surface area (Å²) in [5.41, 5.74) is 7.51. The van der Waals surface area contributed by atoms with E-state index in [1.54, 1.807) is 0 Å². The predicted molar refractivity (Wildman–Crippen MR) is 75.9 cm³/mol. The Hall–Kier alpha value is -1.03. The number of hydrogen-bond acceptors (Lipinski definition) is 4. The highest BCUT2D eigenvalue weighted by Crippen LogP contribution is 2.34. The average molecular weight is 269 g/mol. The fraction of sp³-hybridized carbons (Fsp3) is 0.692. The van der Waals surface area contributed by atoms with Gasteiger partial charge in [0.25, 0.3) is 0 Å². The first-order valence-corrected chi connectivity index (χ1v) is 6.84. The lowest BCUT2D eigenvalue weighted by molar-refractivity contribution is 0.295. The fourth-order valence-electron chi connectivity index (χ4n) is 2.75. The highest BCUT2D eigenvalue weighted by atomic mass is 35.5. The number of piperidine rings is 1. The Morgan fingerprint density at radius 3 is 2.61 bits per heavy atom. The summed E-state index contributed by atoms with van der Waals surface area (Å²) in [6.07, 6.45) is 1.25. The highest BCUT2D eigenvalue weighted by molar-refractivity contribution is 6.28. The first kappa shape index (κ1) is 13.4. The molecule has 1 aromatic rings. The van der Waals surface area contributed by atoms with E-state index in [9.17, 15) is 0 Å². The molecule has 0 aromatic carbocycles. The summed E-state index contributed by atoms with van der Waals surface area (Å²) in [5, 5.41) is 0.273. The normalized spacial score (nSPS) is 28.5. The second-order valence-corrected chi connectivity index (χ2v) is 5.86. The molecule has 1 saturated heterocycles. The summed E-state index contributed by atoms with van der Waals surface area (Å²) in [5.74, 6) is 2.06. The molecule has 2 heterocycles. The zero-order valence-electron chi connectivity index (χ0n) is 11.4. The molecule has 18 heavy (non-hydrogen) atoms. The molecule has 3 atom stereocenters. The number of rotatable bonds is 1.